The summed E-state index contributed by atoms with van der Waals surface area (Å²) in [5.74, 6) is -0.456. The maximum atomic E-state index is 13.3. The quantitative estimate of drug-likeness (QED) is 0.705. The van der Waals surface area contributed by atoms with Crippen LogP contribution < -0.4 is 10.3 Å². The van der Waals surface area contributed by atoms with Gasteiger partial charge in [0.05, 0.1) is 4.90 Å². The Labute approximate surface area is 157 Å². The van der Waals surface area contributed by atoms with Gasteiger partial charge in [-0.2, -0.15) is 0 Å². The molecule has 2 aromatic carbocycles. The van der Waals surface area contributed by atoms with Crippen LogP contribution in [0.25, 0.3) is 10.9 Å². The number of aromatic amines is 1. The fourth-order valence-electron chi connectivity index (χ4n) is 2.90. The SMILES string of the molecule is Cc1cc2cc(CCNS(=O)(=O)c3ccc(F)c(C)c3)c(=O)[nH]c2cc1C. The number of H-pyrrole nitrogens is 1. The number of aryl methyl sites for hydroxylation is 3. The molecule has 0 aliphatic carbocycles. The van der Waals surface area contributed by atoms with Gasteiger partial charge in [-0.25, -0.2) is 17.5 Å². The molecule has 0 aliphatic heterocycles. The summed E-state index contributed by atoms with van der Waals surface area (Å²) < 4.78 is 40.5. The minimum Gasteiger partial charge on any atom is -0.322 e. The van der Waals surface area contributed by atoms with Crippen molar-refractivity contribution in [2.45, 2.75) is 32.1 Å². The van der Waals surface area contributed by atoms with Crippen molar-refractivity contribution in [2.24, 2.45) is 0 Å². The number of fused-ring (bicyclic) bond motifs is 1. The van der Waals surface area contributed by atoms with E-state index in [9.17, 15) is 17.6 Å². The Morgan fingerprint density at radius 2 is 1.70 bits per heavy atom. The summed E-state index contributed by atoms with van der Waals surface area (Å²) in [4.78, 5) is 15.1. The van der Waals surface area contributed by atoms with Gasteiger partial charge in [-0.3, -0.25) is 4.79 Å². The average Bonchev–Trinajstić information content (AvgIpc) is 2.59. The first-order valence-electron chi connectivity index (χ1n) is 8.56. The van der Waals surface area contributed by atoms with Gasteiger partial charge in [-0.1, -0.05) is 0 Å². The second-order valence-electron chi connectivity index (χ2n) is 6.71. The first-order valence-corrected chi connectivity index (χ1v) is 10.0. The van der Waals surface area contributed by atoms with Crippen LogP contribution in [0.4, 0.5) is 4.39 Å². The molecular weight excluding hydrogens is 367 g/mol. The standard InChI is InChI=1S/C20H21FN2O3S/c1-12-8-16-11-15(20(24)23-19(16)10-13(12)2)6-7-22-27(25,26)17-4-5-18(21)14(3)9-17/h4-5,8-11,22H,6-7H2,1-3H3,(H,23,24). The largest absolute Gasteiger partial charge is 0.322 e. The van der Waals surface area contributed by atoms with Crippen LogP contribution in [-0.4, -0.2) is 19.9 Å². The lowest BCUT2D eigenvalue weighted by Gasteiger charge is -2.09. The molecule has 0 spiro atoms. The molecule has 0 bridgehead atoms. The van der Waals surface area contributed by atoms with Crippen LogP contribution in [-0.2, 0) is 16.4 Å². The van der Waals surface area contributed by atoms with E-state index in [0.29, 0.717) is 5.56 Å². The van der Waals surface area contributed by atoms with E-state index in [1.165, 1.54) is 19.1 Å². The summed E-state index contributed by atoms with van der Waals surface area (Å²) in [5, 5.41) is 0.907. The fraction of sp³-hybridized carbons (Fsp3) is 0.250. The highest BCUT2D eigenvalue weighted by atomic mass is 32.2. The molecule has 0 amide bonds. The van der Waals surface area contributed by atoms with E-state index in [-0.39, 0.29) is 29.0 Å². The van der Waals surface area contributed by atoms with E-state index in [1.54, 1.807) is 6.07 Å². The number of rotatable bonds is 5. The van der Waals surface area contributed by atoms with Crippen molar-refractivity contribution < 1.29 is 12.8 Å². The van der Waals surface area contributed by atoms with Gasteiger partial charge in [0.2, 0.25) is 10.0 Å². The zero-order chi connectivity index (χ0) is 19.8. The lowest BCUT2D eigenvalue weighted by Crippen LogP contribution is -2.27. The van der Waals surface area contributed by atoms with E-state index < -0.39 is 15.8 Å². The number of sulfonamides is 1. The highest BCUT2D eigenvalue weighted by molar-refractivity contribution is 7.89. The second-order valence-corrected chi connectivity index (χ2v) is 8.47. The first-order chi connectivity index (χ1) is 12.7. The Kier molecular flexibility index (Phi) is 5.17. The number of hydrogen-bond acceptors (Lipinski definition) is 3. The Hall–Kier alpha value is -2.51. The fourth-order valence-corrected chi connectivity index (χ4v) is 4.01. The molecule has 142 valence electrons. The Bertz CT molecular complexity index is 1180. The molecule has 0 unspecified atom stereocenters. The molecule has 0 aliphatic rings. The lowest BCUT2D eigenvalue weighted by atomic mass is 10.0. The van der Waals surface area contributed by atoms with Gasteiger partial charge in [0, 0.05) is 17.6 Å². The molecule has 3 rings (SSSR count). The predicted octanol–water partition coefficient (Wildman–Crippen LogP) is 3.11. The number of halogens is 1. The zero-order valence-electron chi connectivity index (χ0n) is 15.4. The van der Waals surface area contributed by atoms with Crippen LogP contribution in [0.15, 0.2) is 46.1 Å². The van der Waals surface area contributed by atoms with Crippen LogP contribution in [0, 0.1) is 26.6 Å². The topological polar surface area (TPSA) is 79.0 Å². The Balaban J connectivity index is 1.78. The lowest BCUT2D eigenvalue weighted by molar-refractivity contribution is 0.580. The highest BCUT2D eigenvalue weighted by Crippen LogP contribution is 2.18. The van der Waals surface area contributed by atoms with Gasteiger partial charge < -0.3 is 4.98 Å². The van der Waals surface area contributed by atoms with Gasteiger partial charge >= 0.3 is 0 Å². The Morgan fingerprint density at radius 3 is 2.41 bits per heavy atom. The third-order valence-corrected chi connectivity index (χ3v) is 6.12. The summed E-state index contributed by atoms with van der Waals surface area (Å²) in [7, 11) is -3.77. The third-order valence-electron chi connectivity index (χ3n) is 4.66. The summed E-state index contributed by atoms with van der Waals surface area (Å²) in [5.41, 5.74) is 3.50. The molecule has 1 aromatic heterocycles. The molecule has 27 heavy (non-hydrogen) atoms. The van der Waals surface area contributed by atoms with Crippen molar-refractivity contribution in [1.82, 2.24) is 9.71 Å². The van der Waals surface area contributed by atoms with Crippen LogP contribution in [0.1, 0.15) is 22.3 Å². The highest BCUT2D eigenvalue weighted by Gasteiger charge is 2.15. The van der Waals surface area contributed by atoms with E-state index in [4.69, 9.17) is 0 Å². The molecule has 0 fully saturated rings. The molecule has 3 aromatic rings. The number of hydrogen-bond donors (Lipinski definition) is 2. The molecular formula is C20H21FN2O3S. The van der Waals surface area contributed by atoms with Crippen molar-refractivity contribution in [3.05, 3.63) is 74.8 Å². The molecule has 1 heterocycles. The van der Waals surface area contributed by atoms with E-state index in [0.717, 1.165) is 28.1 Å². The summed E-state index contributed by atoms with van der Waals surface area (Å²) >= 11 is 0. The van der Waals surface area contributed by atoms with Crippen LogP contribution in [0.2, 0.25) is 0 Å². The van der Waals surface area contributed by atoms with Gasteiger partial charge in [0.1, 0.15) is 5.82 Å². The maximum absolute atomic E-state index is 13.3. The van der Waals surface area contributed by atoms with Crippen LogP contribution in [0.3, 0.4) is 0 Å². The molecule has 0 saturated heterocycles. The van der Waals surface area contributed by atoms with Gasteiger partial charge in [0.25, 0.3) is 5.56 Å². The van der Waals surface area contributed by atoms with Crippen molar-refractivity contribution in [3.8, 4) is 0 Å². The molecule has 5 nitrogen and oxygen atoms in total. The van der Waals surface area contributed by atoms with Gasteiger partial charge in [0.15, 0.2) is 0 Å². The van der Waals surface area contributed by atoms with Crippen molar-refractivity contribution in [2.75, 3.05) is 6.54 Å². The normalized spacial score (nSPS) is 11.9. The van der Waals surface area contributed by atoms with E-state index in [1.807, 2.05) is 26.0 Å². The maximum Gasteiger partial charge on any atom is 0.251 e. The van der Waals surface area contributed by atoms with E-state index >= 15 is 0 Å². The zero-order valence-corrected chi connectivity index (χ0v) is 16.2. The minimum absolute atomic E-state index is 0.0000732. The second kappa shape index (κ2) is 7.25. The number of nitrogens with one attached hydrogen (secondary N) is 2. The summed E-state index contributed by atoms with van der Waals surface area (Å²) in [6.07, 6.45) is 0.248. The van der Waals surface area contributed by atoms with Gasteiger partial charge in [-0.15, -0.1) is 0 Å². The number of pyridine rings is 1. The smallest absolute Gasteiger partial charge is 0.251 e. The predicted molar refractivity (Wildman–Crippen MR) is 104 cm³/mol. The average molecular weight is 388 g/mol. The molecule has 0 radical (unpaired) electrons. The van der Waals surface area contributed by atoms with Crippen LogP contribution in [0.5, 0.6) is 0 Å². The first kappa shape index (κ1) is 19.3. The minimum atomic E-state index is -3.77. The van der Waals surface area contributed by atoms with Crippen molar-refractivity contribution in [1.29, 1.82) is 0 Å². The van der Waals surface area contributed by atoms with Crippen molar-refractivity contribution in [3.63, 3.8) is 0 Å². The Morgan fingerprint density at radius 1 is 1.00 bits per heavy atom. The molecule has 0 atom stereocenters. The molecule has 0 saturated carbocycles. The third kappa shape index (κ3) is 4.09. The summed E-state index contributed by atoms with van der Waals surface area (Å²) in [6.45, 7) is 5.55. The summed E-state index contributed by atoms with van der Waals surface area (Å²) in [6, 6.07) is 9.34. The van der Waals surface area contributed by atoms with Gasteiger partial charge in [-0.05, 0) is 85.7 Å². The number of aromatic nitrogens is 1. The molecule has 2 N–H and O–H groups in total. The van der Waals surface area contributed by atoms with Crippen molar-refractivity contribution >= 4 is 20.9 Å². The molecule has 7 heteroatoms. The monoisotopic (exact) mass is 388 g/mol. The van der Waals surface area contributed by atoms with E-state index in [2.05, 4.69) is 9.71 Å². The van der Waals surface area contributed by atoms with Crippen LogP contribution >= 0.6 is 0 Å². The number of benzene rings is 2.